The van der Waals surface area contributed by atoms with Gasteiger partial charge < -0.3 is 5.73 Å². The Bertz CT molecular complexity index is 156. The minimum Gasteiger partial charge on any atom is -0.330 e. The molecule has 0 heterocycles. The molecule has 0 aliphatic heterocycles. The Morgan fingerprint density at radius 1 is 0.765 bits per heavy atom. The molecule has 1 heteroatoms. The molecule has 0 spiro atoms. The van der Waals surface area contributed by atoms with Gasteiger partial charge in [-0.05, 0) is 31.2 Å². The highest BCUT2D eigenvalue weighted by Gasteiger charge is 2.19. The van der Waals surface area contributed by atoms with Crippen molar-refractivity contribution in [1.82, 2.24) is 0 Å². The second-order valence-corrected chi connectivity index (χ2v) is 5.93. The lowest BCUT2D eigenvalue weighted by Crippen LogP contribution is -2.14. The lowest BCUT2D eigenvalue weighted by Gasteiger charge is -2.27. The van der Waals surface area contributed by atoms with Crippen LogP contribution in [0.15, 0.2) is 0 Å². The number of unbranched alkanes of at least 4 members (excludes halogenated alkanes) is 6. The lowest BCUT2D eigenvalue weighted by molar-refractivity contribution is 0.248. The minimum atomic E-state index is 0.619. The average molecular weight is 241 g/mol. The minimum absolute atomic E-state index is 0.619. The first-order valence-electron chi connectivity index (χ1n) is 7.88. The van der Waals surface area contributed by atoms with Gasteiger partial charge in [-0.1, -0.05) is 72.1 Å². The lowest BCUT2D eigenvalue weighted by atomic mass is 9.78. The Morgan fingerprint density at radius 3 is 1.76 bits per heavy atom. The molecule has 1 atom stereocenters. The van der Waals surface area contributed by atoms with Crippen LogP contribution >= 0.6 is 0 Å². The molecule has 0 rings (SSSR count). The molecule has 0 radical (unpaired) electrons. The van der Waals surface area contributed by atoms with Crippen LogP contribution in [-0.2, 0) is 0 Å². The molecule has 0 amide bonds. The maximum absolute atomic E-state index is 5.48. The Morgan fingerprint density at radius 2 is 1.29 bits per heavy atom. The van der Waals surface area contributed by atoms with Crippen LogP contribution in [-0.4, -0.2) is 6.54 Å². The highest BCUT2D eigenvalue weighted by Crippen LogP contribution is 2.33. The van der Waals surface area contributed by atoms with E-state index >= 15 is 0 Å². The first-order valence-corrected chi connectivity index (χ1v) is 7.88. The van der Waals surface area contributed by atoms with E-state index in [0.29, 0.717) is 5.41 Å². The summed E-state index contributed by atoms with van der Waals surface area (Å²) in [5.74, 6) is 0. The van der Waals surface area contributed by atoms with Crippen LogP contribution in [0.2, 0.25) is 0 Å². The molecule has 0 aromatic heterocycles. The molecule has 0 fully saturated rings. The normalized spacial score (nSPS) is 14.8. The molecule has 104 valence electrons. The topological polar surface area (TPSA) is 26.0 Å². The largest absolute Gasteiger partial charge is 0.330 e. The fourth-order valence-corrected chi connectivity index (χ4v) is 2.66. The van der Waals surface area contributed by atoms with Gasteiger partial charge in [-0.25, -0.2) is 0 Å². The van der Waals surface area contributed by atoms with Crippen molar-refractivity contribution in [3.63, 3.8) is 0 Å². The van der Waals surface area contributed by atoms with Crippen LogP contribution in [0, 0.1) is 5.41 Å². The quantitative estimate of drug-likeness (QED) is 0.462. The summed E-state index contributed by atoms with van der Waals surface area (Å²) in [5.41, 5.74) is 6.10. The Balaban J connectivity index is 3.37. The van der Waals surface area contributed by atoms with Crippen molar-refractivity contribution in [1.29, 1.82) is 0 Å². The number of hydrogen-bond acceptors (Lipinski definition) is 1. The molecule has 0 saturated carbocycles. The predicted octanol–water partition coefficient (Wildman–Crippen LogP) is 5.28. The van der Waals surface area contributed by atoms with Crippen molar-refractivity contribution in [2.75, 3.05) is 6.54 Å². The molecule has 17 heavy (non-hydrogen) atoms. The van der Waals surface area contributed by atoms with Gasteiger partial charge in [0.15, 0.2) is 0 Å². The van der Waals surface area contributed by atoms with Crippen molar-refractivity contribution >= 4 is 0 Å². The van der Waals surface area contributed by atoms with Crippen LogP contribution in [0.1, 0.15) is 91.4 Å². The number of nitrogens with two attached hydrogens (primary N) is 1. The van der Waals surface area contributed by atoms with E-state index in [4.69, 9.17) is 5.73 Å². The second-order valence-electron chi connectivity index (χ2n) is 5.93. The zero-order valence-corrected chi connectivity index (χ0v) is 12.6. The van der Waals surface area contributed by atoms with Crippen LogP contribution in [0.3, 0.4) is 0 Å². The standard InChI is InChI=1S/C16H35N/c1-4-13-16(3,5-2)14-11-9-7-6-8-10-12-15-17/h4-15,17H2,1-3H3. The molecule has 0 aliphatic carbocycles. The molecule has 2 N–H and O–H groups in total. The van der Waals surface area contributed by atoms with Crippen molar-refractivity contribution < 1.29 is 0 Å². The van der Waals surface area contributed by atoms with Crippen molar-refractivity contribution in [2.24, 2.45) is 11.1 Å². The smallest absolute Gasteiger partial charge is 0.00773 e. The van der Waals surface area contributed by atoms with Gasteiger partial charge >= 0.3 is 0 Å². The Kier molecular flexibility index (Phi) is 11.0. The van der Waals surface area contributed by atoms with E-state index in [1.165, 1.54) is 70.6 Å². The van der Waals surface area contributed by atoms with Gasteiger partial charge in [0, 0.05) is 0 Å². The summed E-state index contributed by atoms with van der Waals surface area (Å²) in [7, 11) is 0. The third-order valence-electron chi connectivity index (χ3n) is 4.19. The van der Waals surface area contributed by atoms with Crippen molar-refractivity contribution in [2.45, 2.75) is 91.4 Å². The number of hydrogen-bond donors (Lipinski definition) is 1. The van der Waals surface area contributed by atoms with Crippen LogP contribution in [0.4, 0.5) is 0 Å². The van der Waals surface area contributed by atoms with E-state index in [2.05, 4.69) is 20.8 Å². The zero-order chi connectivity index (χ0) is 13.0. The summed E-state index contributed by atoms with van der Waals surface area (Å²) < 4.78 is 0. The average Bonchev–Trinajstić information content (AvgIpc) is 2.33. The van der Waals surface area contributed by atoms with E-state index in [9.17, 15) is 0 Å². The predicted molar refractivity (Wildman–Crippen MR) is 79.3 cm³/mol. The molecule has 0 aromatic rings. The molecule has 0 bridgehead atoms. The van der Waals surface area contributed by atoms with Crippen LogP contribution in [0.5, 0.6) is 0 Å². The van der Waals surface area contributed by atoms with E-state index in [-0.39, 0.29) is 0 Å². The summed E-state index contributed by atoms with van der Waals surface area (Å²) in [5, 5.41) is 0. The third kappa shape index (κ3) is 9.64. The second kappa shape index (κ2) is 11.1. The van der Waals surface area contributed by atoms with E-state index in [0.717, 1.165) is 6.54 Å². The van der Waals surface area contributed by atoms with Crippen LogP contribution < -0.4 is 5.73 Å². The first-order chi connectivity index (χ1) is 8.18. The van der Waals surface area contributed by atoms with Gasteiger partial charge in [0.25, 0.3) is 0 Å². The SMILES string of the molecule is CCCC(C)(CC)CCCCCCCCCN. The summed E-state index contributed by atoms with van der Waals surface area (Å²) >= 11 is 0. The zero-order valence-electron chi connectivity index (χ0n) is 12.6. The van der Waals surface area contributed by atoms with Gasteiger partial charge in [0.1, 0.15) is 0 Å². The van der Waals surface area contributed by atoms with E-state index in [1.54, 1.807) is 0 Å². The summed E-state index contributed by atoms with van der Waals surface area (Å²) in [6.07, 6.45) is 15.2. The molecular weight excluding hydrogens is 206 g/mol. The van der Waals surface area contributed by atoms with Crippen LogP contribution in [0.25, 0.3) is 0 Å². The third-order valence-corrected chi connectivity index (χ3v) is 4.19. The first kappa shape index (κ1) is 17.0. The monoisotopic (exact) mass is 241 g/mol. The molecule has 0 aliphatic rings. The Hall–Kier alpha value is -0.0400. The van der Waals surface area contributed by atoms with Gasteiger partial charge in [-0.15, -0.1) is 0 Å². The summed E-state index contributed by atoms with van der Waals surface area (Å²) in [6, 6.07) is 0. The maximum atomic E-state index is 5.48. The Labute approximate surface area is 110 Å². The highest BCUT2D eigenvalue weighted by atomic mass is 14.5. The fourth-order valence-electron chi connectivity index (χ4n) is 2.66. The van der Waals surface area contributed by atoms with Gasteiger partial charge in [-0.2, -0.15) is 0 Å². The van der Waals surface area contributed by atoms with Crippen molar-refractivity contribution in [3.8, 4) is 0 Å². The molecular formula is C16H35N. The summed E-state index contributed by atoms with van der Waals surface area (Å²) in [6.45, 7) is 8.00. The van der Waals surface area contributed by atoms with Crippen molar-refractivity contribution in [3.05, 3.63) is 0 Å². The molecule has 0 saturated heterocycles. The molecule has 1 nitrogen and oxygen atoms in total. The number of rotatable bonds is 12. The highest BCUT2D eigenvalue weighted by molar-refractivity contribution is 4.71. The van der Waals surface area contributed by atoms with E-state index < -0.39 is 0 Å². The summed E-state index contributed by atoms with van der Waals surface area (Å²) in [4.78, 5) is 0. The van der Waals surface area contributed by atoms with Gasteiger partial charge in [0.05, 0.1) is 0 Å². The molecule has 0 aromatic carbocycles. The van der Waals surface area contributed by atoms with E-state index in [1.807, 2.05) is 0 Å². The molecule has 1 unspecified atom stereocenters. The van der Waals surface area contributed by atoms with Gasteiger partial charge in [0.2, 0.25) is 0 Å². The fraction of sp³-hybridized carbons (Fsp3) is 1.00. The van der Waals surface area contributed by atoms with Gasteiger partial charge in [-0.3, -0.25) is 0 Å². The maximum Gasteiger partial charge on any atom is -0.00773 e.